The maximum Gasteiger partial charge on any atom is -0.0134 e. The van der Waals surface area contributed by atoms with Crippen LogP contribution in [0.25, 0.3) is 0 Å². The Kier molecular flexibility index (Phi) is 12.8. The summed E-state index contributed by atoms with van der Waals surface area (Å²) in [4.78, 5) is 0. The molecule has 0 atom stereocenters. The topological polar surface area (TPSA) is 12.0 Å². The molecule has 1 saturated heterocycles. The number of piperidine rings is 1. The normalized spacial score (nSPS) is 13.1. The Hall–Kier alpha value is -0.708. The smallest absolute Gasteiger partial charge is 0.0134 e. The molecular weight excluding hydrogens is 499 g/mol. The molecule has 0 unspecified atom stereocenters. The van der Waals surface area contributed by atoms with Crippen molar-refractivity contribution in [1.29, 1.82) is 0 Å². The molecule has 0 saturated carbocycles. The first-order valence-electron chi connectivity index (χ1n) is 9.35. The summed E-state index contributed by atoms with van der Waals surface area (Å²) < 4.78 is 0. The monoisotopic (exact) mass is 523 g/mol. The van der Waals surface area contributed by atoms with Gasteiger partial charge in [0.15, 0.2) is 0 Å². The zero-order valence-corrected chi connectivity index (χ0v) is 19.7. The molecule has 3 aromatic carbocycles. The Morgan fingerprint density at radius 3 is 1.11 bits per heavy atom. The van der Waals surface area contributed by atoms with Crippen molar-refractivity contribution >= 4 is 42.9 Å². The predicted octanol–water partition coefficient (Wildman–Crippen LogP) is 5.58. The molecule has 0 radical (unpaired) electrons. The van der Waals surface area contributed by atoms with Crippen molar-refractivity contribution in [2.75, 3.05) is 13.1 Å². The third-order valence-corrected chi connectivity index (χ3v) is 6.69. The molecular formula is C23H26Cl2NPPd. The SMILES string of the molecule is C1CCNCC1.[Cl][Pd][Cl].c1ccc(P(c2ccccc2)c2ccccc2)cc1. The van der Waals surface area contributed by atoms with E-state index in [4.69, 9.17) is 19.1 Å². The van der Waals surface area contributed by atoms with Crippen LogP contribution in [0.3, 0.4) is 0 Å². The number of nitrogens with one attached hydrogen (secondary N) is 1. The van der Waals surface area contributed by atoms with Gasteiger partial charge in [-0.2, -0.15) is 0 Å². The molecule has 1 fully saturated rings. The molecule has 0 aliphatic carbocycles. The first-order valence-corrected chi connectivity index (χ1v) is 14.7. The summed E-state index contributed by atoms with van der Waals surface area (Å²) >= 11 is -0.106. The van der Waals surface area contributed by atoms with Crippen molar-refractivity contribution in [3.05, 3.63) is 91.0 Å². The van der Waals surface area contributed by atoms with E-state index in [-0.39, 0.29) is 15.9 Å². The van der Waals surface area contributed by atoms with Crippen molar-refractivity contribution in [1.82, 2.24) is 5.32 Å². The number of hydrogen-bond donors (Lipinski definition) is 1. The number of halogens is 2. The molecule has 28 heavy (non-hydrogen) atoms. The first-order chi connectivity index (χ1) is 13.9. The van der Waals surface area contributed by atoms with Gasteiger partial charge in [0.05, 0.1) is 0 Å². The largest absolute Gasteiger partial charge is 0.0622 e. The van der Waals surface area contributed by atoms with Crippen LogP contribution in [0, 0.1) is 0 Å². The van der Waals surface area contributed by atoms with E-state index in [2.05, 4.69) is 96.3 Å². The van der Waals surface area contributed by atoms with Crippen LogP contribution in [0.5, 0.6) is 0 Å². The molecule has 1 heterocycles. The molecule has 1 aliphatic heterocycles. The fourth-order valence-corrected chi connectivity index (χ4v) is 5.29. The van der Waals surface area contributed by atoms with Gasteiger partial charge in [0.1, 0.15) is 0 Å². The molecule has 4 rings (SSSR count). The van der Waals surface area contributed by atoms with Crippen LogP contribution in [0.4, 0.5) is 0 Å². The second-order valence-corrected chi connectivity index (χ2v) is 10.8. The zero-order chi connectivity index (χ0) is 19.9. The van der Waals surface area contributed by atoms with Crippen LogP contribution in [0.15, 0.2) is 91.0 Å². The van der Waals surface area contributed by atoms with Gasteiger partial charge in [0.25, 0.3) is 0 Å². The molecule has 5 heteroatoms. The Morgan fingerprint density at radius 2 is 0.893 bits per heavy atom. The zero-order valence-electron chi connectivity index (χ0n) is 15.7. The van der Waals surface area contributed by atoms with Gasteiger partial charge < -0.3 is 5.32 Å². The minimum absolute atomic E-state index is 0.106. The Bertz CT molecular complexity index is 635. The van der Waals surface area contributed by atoms with Gasteiger partial charge in [-0.3, -0.25) is 0 Å². The Balaban J connectivity index is 0.000000260. The van der Waals surface area contributed by atoms with E-state index in [0.717, 1.165) is 0 Å². The average Bonchev–Trinajstić information content (AvgIpc) is 2.78. The number of benzene rings is 3. The van der Waals surface area contributed by atoms with Crippen molar-refractivity contribution < 1.29 is 15.9 Å². The van der Waals surface area contributed by atoms with Gasteiger partial charge in [-0.05, 0) is 49.8 Å². The van der Waals surface area contributed by atoms with E-state index in [1.807, 2.05) is 0 Å². The minimum atomic E-state index is -0.446. The van der Waals surface area contributed by atoms with Crippen molar-refractivity contribution in [2.24, 2.45) is 0 Å². The van der Waals surface area contributed by atoms with Gasteiger partial charge in [-0.1, -0.05) is 97.4 Å². The van der Waals surface area contributed by atoms with Crippen LogP contribution in [0.2, 0.25) is 0 Å². The van der Waals surface area contributed by atoms with Gasteiger partial charge in [-0.25, -0.2) is 0 Å². The Morgan fingerprint density at radius 1 is 0.571 bits per heavy atom. The molecule has 152 valence electrons. The summed E-state index contributed by atoms with van der Waals surface area (Å²) in [6.07, 6.45) is 4.22. The second kappa shape index (κ2) is 15.2. The second-order valence-electron chi connectivity index (χ2n) is 6.20. The summed E-state index contributed by atoms with van der Waals surface area (Å²) in [5.41, 5.74) is 0. The maximum absolute atomic E-state index is 4.81. The van der Waals surface area contributed by atoms with Crippen molar-refractivity contribution in [2.45, 2.75) is 19.3 Å². The van der Waals surface area contributed by atoms with Crippen molar-refractivity contribution in [3.63, 3.8) is 0 Å². The third kappa shape index (κ3) is 8.75. The van der Waals surface area contributed by atoms with Crippen molar-refractivity contribution in [3.8, 4) is 0 Å². The fraction of sp³-hybridized carbons (Fsp3) is 0.217. The van der Waals surface area contributed by atoms with Gasteiger partial charge in [-0.15, -0.1) is 0 Å². The van der Waals surface area contributed by atoms with E-state index in [9.17, 15) is 0 Å². The fourth-order valence-electron chi connectivity index (χ4n) is 2.98. The summed E-state index contributed by atoms with van der Waals surface area (Å²) in [6, 6.07) is 32.3. The summed E-state index contributed by atoms with van der Waals surface area (Å²) in [5, 5.41) is 7.48. The average molecular weight is 525 g/mol. The van der Waals surface area contributed by atoms with E-state index in [0.29, 0.717) is 0 Å². The van der Waals surface area contributed by atoms with E-state index in [1.165, 1.54) is 48.3 Å². The van der Waals surface area contributed by atoms with Gasteiger partial charge in [0.2, 0.25) is 0 Å². The molecule has 3 aromatic rings. The molecule has 0 bridgehead atoms. The molecule has 1 N–H and O–H groups in total. The van der Waals surface area contributed by atoms with Gasteiger partial charge in [0, 0.05) is 0 Å². The van der Waals surface area contributed by atoms with E-state index in [1.54, 1.807) is 0 Å². The Labute approximate surface area is 186 Å². The van der Waals surface area contributed by atoms with Crippen LogP contribution in [-0.2, 0) is 15.9 Å². The van der Waals surface area contributed by atoms with Crippen LogP contribution < -0.4 is 21.2 Å². The van der Waals surface area contributed by atoms with Crippen LogP contribution in [-0.4, -0.2) is 13.1 Å². The van der Waals surface area contributed by atoms with Crippen LogP contribution >= 0.6 is 27.0 Å². The first kappa shape index (κ1) is 23.6. The molecule has 0 aromatic heterocycles. The molecule has 0 amide bonds. The standard InChI is InChI=1S/C18H15P.C5H11N.2ClH.Pd/c1-4-10-16(11-5-1)19(17-12-6-2-7-13-17)18-14-8-3-9-15-18;1-2-4-6-5-3-1;;;/h1-15H;6H,1-5H2;2*1H;/q;;;;+2/p-2. The van der Waals surface area contributed by atoms with E-state index >= 15 is 0 Å². The summed E-state index contributed by atoms with van der Waals surface area (Å²) in [6.45, 7) is 2.50. The van der Waals surface area contributed by atoms with E-state index < -0.39 is 7.92 Å². The van der Waals surface area contributed by atoms with Gasteiger partial charge >= 0.3 is 35.0 Å². The predicted molar refractivity (Wildman–Crippen MR) is 124 cm³/mol. The number of rotatable bonds is 3. The quantitative estimate of drug-likeness (QED) is 0.348. The number of hydrogen-bond acceptors (Lipinski definition) is 1. The van der Waals surface area contributed by atoms with Crippen LogP contribution in [0.1, 0.15) is 19.3 Å². The summed E-state index contributed by atoms with van der Waals surface area (Å²) in [7, 11) is 9.18. The maximum atomic E-state index is 4.81. The minimum Gasteiger partial charge on any atom is -0.0622 e. The summed E-state index contributed by atoms with van der Waals surface area (Å²) in [5.74, 6) is 0. The molecule has 0 spiro atoms. The molecule has 1 nitrogen and oxygen atoms in total. The molecule has 1 aliphatic rings. The third-order valence-electron chi connectivity index (χ3n) is 4.25.